The Labute approximate surface area is 131 Å². The van der Waals surface area contributed by atoms with E-state index in [1.165, 1.54) is 0 Å². The summed E-state index contributed by atoms with van der Waals surface area (Å²) in [7, 11) is 0. The molecule has 0 aliphatic carbocycles. The lowest BCUT2D eigenvalue weighted by atomic mass is 9.89. The molecule has 1 aromatic carbocycles. The van der Waals surface area contributed by atoms with E-state index in [-0.39, 0.29) is 17.4 Å². The molecule has 0 bridgehead atoms. The molecule has 0 radical (unpaired) electrons. The third-order valence-corrected chi connectivity index (χ3v) is 4.10. The van der Waals surface area contributed by atoms with E-state index >= 15 is 0 Å². The van der Waals surface area contributed by atoms with E-state index in [2.05, 4.69) is 5.32 Å². The first kappa shape index (κ1) is 16.4. The van der Waals surface area contributed by atoms with E-state index < -0.39 is 0 Å². The predicted molar refractivity (Wildman–Crippen MR) is 88.0 cm³/mol. The number of ether oxygens (including phenoxy) is 1. The maximum atomic E-state index is 12.3. The number of amides is 1. The van der Waals surface area contributed by atoms with Crippen molar-refractivity contribution in [1.29, 1.82) is 0 Å². The third-order valence-electron chi connectivity index (χ3n) is 4.10. The van der Waals surface area contributed by atoms with Crippen LogP contribution in [0.3, 0.4) is 0 Å². The maximum Gasteiger partial charge on any atom is 0.226 e. The van der Waals surface area contributed by atoms with Crippen molar-refractivity contribution in [1.82, 2.24) is 5.32 Å². The molecule has 0 fully saturated rings. The molecule has 0 aliphatic heterocycles. The number of hydrogen-bond acceptors (Lipinski definition) is 3. The van der Waals surface area contributed by atoms with E-state index in [1.807, 2.05) is 58.9 Å². The molecule has 2 rings (SSSR count). The lowest BCUT2D eigenvalue weighted by molar-refractivity contribution is -0.130. The van der Waals surface area contributed by atoms with Crippen LogP contribution in [0.1, 0.15) is 52.8 Å². The minimum absolute atomic E-state index is 0.0352. The molecule has 1 atom stereocenters. The van der Waals surface area contributed by atoms with Gasteiger partial charge in [-0.1, -0.05) is 32.9 Å². The zero-order valence-electron chi connectivity index (χ0n) is 14.0. The molecule has 0 saturated carbocycles. The highest BCUT2D eigenvalue weighted by molar-refractivity contribution is 5.85. The lowest BCUT2D eigenvalue weighted by Crippen LogP contribution is -2.37. The number of nitrogens with one attached hydrogen (secondary N) is 1. The van der Waals surface area contributed by atoms with Crippen LogP contribution in [-0.2, 0) is 4.79 Å². The second-order valence-corrected chi connectivity index (χ2v) is 6.19. The van der Waals surface area contributed by atoms with Gasteiger partial charge in [-0.15, -0.1) is 0 Å². The fraction of sp³-hybridized carbons (Fsp3) is 0.500. The normalized spacial score (nSPS) is 13.1. The van der Waals surface area contributed by atoms with Gasteiger partial charge in [-0.3, -0.25) is 4.79 Å². The number of rotatable bonds is 6. The van der Waals surface area contributed by atoms with Crippen molar-refractivity contribution in [3.05, 3.63) is 30.0 Å². The second kappa shape index (κ2) is 6.42. The van der Waals surface area contributed by atoms with E-state index in [4.69, 9.17) is 9.15 Å². The number of benzene rings is 1. The summed E-state index contributed by atoms with van der Waals surface area (Å²) in [6.07, 6.45) is 0.792. The molecule has 1 N–H and O–H groups in total. The molecule has 22 heavy (non-hydrogen) atoms. The van der Waals surface area contributed by atoms with Crippen molar-refractivity contribution in [2.75, 3.05) is 6.61 Å². The molecule has 0 aliphatic rings. The summed E-state index contributed by atoms with van der Waals surface area (Å²) < 4.78 is 11.5. The molecule has 120 valence electrons. The average molecular weight is 303 g/mol. The minimum atomic E-state index is -0.378. The lowest BCUT2D eigenvalue weighted by Gasteiger charge is -2.23. The Morgan fingerprint density at radius 2 is 2.09 bits per heavy atom. The van der Waals surface area contributed by atoms with Crippen LogP contribution in [0.5, 0.6) is 5.75 Å². The van der Waals surface area contributed by atoms with Crippen molar-refractivity contribution in [3.8, 4) is 5.75 Å². The van der Waals surface area contributed by atoms with Gasteiger partial charge >= 0.3 is 0 Å². The number of carbonyl (C=O) groups excluding carboxylic acids is 1. The monoisotopic (exact) mass is 303 g/mol. The van der Waals surface area contributed by atoms with Crippen LogP contribution in [0.25, 0.3) is 11.0 Å². The topological polar surface area (TPSA) is 51.5 Å². The van der Waals surface area contributed by atoms with Gasteiger partial charge in [-0.25, -0.2) is 0 Å². The van der Waals surface area contributed by atoms with Crippen LogP contribution in [0.4, 0.5) is 0 Å². The summed E-state index contributed by atoms with van der Waals surface area (Å²) in [5.41, 5.74) is 0.353. The van der Waals surface area contributed by atoms with Gasteiger partial charge in [0.15, 0.2) is 11.3 Å². The molecule has 4 nitrogen and oxygen atoms in total. The van der Waals surface area contributed by atoms with Gasteiger partial charge < -0.3 is 14.5 Å². The zero-order chi connectivity index (χ0) is 16.3. The summed E-state index contributed by atoms with van der Waals surface area (Å²) in [6, 6.07) is 7.59. The standard InChI is InChI=1S/C18H25NO3/c1-6-18(4,5)17(20)19-12(3)15-11-13-9-8-10-14(21-7-2)16(13)22-15/h8-12H,6-7H2,1-5H3,(H,19,20). The Kier molecular flexibility index (Phi) is 4.79. The van der Waals surface area contributed by atoms with E-state index in [1.54, 1.807) is 0 Å². The Bertz CT molecular complexity index is 657. The van der Waals surface area contributed by atoms with Gasteiger partial charge in [-0.05, 0) is 32.4 Å². The highest BCUT2D eigenvalue weighted by atomic mass is 16.5. The minimum Gasteiger partial charge on any atom is -0.490 e. The number of hydrogen-bond donors (Lipinski definition) is 1. The number of para-hydroxylation sites is 1. The van der Waals surface area contributed by atoms with E-state index in [0.717, 1.165) is 28.9 Å². The van der Waals surface area contributed by atoms with Crippen molar-refractivity contribution >= 4 is 16.9 Å². The quantitative estimate of drug-likeness (QED) is 0.858. The van der Waals surface area contributed by atoms with Crippen LogP contribution < -0.4 is 10.1 Å². The summed E-state index contributed by atoms with van der Waals surface area (Å²) in [5.74, 6) is 1.51. The Balaban J connectivity index is 2.24. The SMILES string of the molecule is CCOc1cccc2cc(C(C)NC(=O)C(C)(C)CC)oc12. The van der Waals surface area contributed by atoms with Crippen LogP contribution in [0, 0.1) is 5.41 Å². The molecular formula is C18H25NO3. The van der Waals surface area contributed by atoms with E-state index in [9.17, 15) is 4.79 Å². The molecule has 1 heterocycles. The van der Waals surface area contributed by atoms with Crippen molar-refractivity contribution in [2.45, 2.75) is 47.1 Å². The predicted octanol–water partition coefficient (Wildman–Crippen LogP) is 4.44. The Morgan fingerprint density at radius 1 is 1.36 bits per heavy atom. The van der Waals surface area contributed by atoms with E-state index in [0.29, 0.717) is 6.61 Å². The molecular weight excluding hydrogens is 278 g/mol. The maximum absolute atomic E-state index is 12.3. The molecule has 1 aromatic heterocycles. The third kappa shape index (κ3) is 3.26. The fourth-order valence-electron chi connectivity index (χ4n) is 2.16. The average Bonchev–Trinajstić information content (AvgIpc) is 2.92. The van der Waals surface area contributed by atoms with Crippen LogP contribution in [0.2, 0.25) is 0 Å². The molecule has 0 spiro atoms. The van der Waals surface area contributed by atoms with Crippen LogP contribution in [-0.4, -0.2) is 12.5 Å². The van der Waals surface area contributed by atoms with Crippen LogP contribution in [0.15, 0.2) is 28.7 Å². The second-order valence-electron chi connectivity index (χ2n) is 6.19. The summed E-state index contributed by atoms with van der Waals surface area (Å²) >= 11 is 0. The van der Waals surface area contributed by atoms with Gasteiger partial charge in [-0.2, -0.15) is 0 Å². The van der Waals surface area contributed by atoms with Crippen LogP contribution >= 0.6 is 0 Å². The van der Waals surface area contributed by atoms with Gasteiger partial charge in [0.05, 0.1) is 12.6 Å². The Morgan fingerprint density at radius 3 is 2.73 bits per heavy atom. The van der Waals surface area contributed by atoms with Gasteiger partial charge in [0.1, 0.15) is 5.76 Å². The van der Waals surface area contributed by atoms with Gasteiger partial charge in [0, 0.05) is 10.8 Å². The molecule has 1 amide bonds. The van der Waals surface area contributed by atoms with Crippen molar-refractivity contribution in [3.63, 3.8) is 0 Å². The first-order valence-corrected chi connectivity index (χ1v) is 7.85. The fourth-order valence-corrected chi connectivity index (χ4v) is 2.16. The summed E-state index contributed by atoms with van der Waals surface area (Å²) in [5, 5.41) is 4.01. The molecule has 4 heteroatoms. The molecule has 1 unspecified atom stereocenters. The highest BCUT2D eigenvalue weighted by Gasteiger charge is 2.27. The zero-order valence-corrected chi connectivity index (χ0v) is 14.0. The first-order chi connectivity index (χ1) is 10.4. The largest absolute Gasteiger partial charge is 0.490 e. The van der Waals surface area contributed by atoms with Crippen molar-refractivity contribution in [2.24, 2.45) is 5.41 Å². The summed E-state index contributed by atoms with van der Waals surface area (Å²) in [4.78, 5) is 12.3. The van der Waals surface area contributed by atoms with Crippen molar-refractivity contribution < 1.29 is 13.9 Å². The molecule has 2 aromatic rings. The van der Waals surface area contributed by atoms with Gasteiger partial charge in [0.2, 0.25) is 5.91 Å². The number of carbonyl (C=O) groups is 1. The number of furan rings is 1. The van der Waals surface area contributed by atoms with Gasteiger partial charge in [0.25, 0.3) is 0 Å². The summed E-state index contributed by atoms with van der Waals surface area (Å²) in [6.45, 7) is 10.4. The smallest absolute Gasteiger partial charge is 0.226 e. The molecule has 0 saturated heterocycles. The first-order valence-electron chi connectivity index (χ1n) is 7.85. The Hall–Kier alpha value is -1.97. The highest BCUT2D eigenvalue weighted by Crippen LogP contribution is 2.31. The number of fused-ring (bicyclic) bond motifs is 1.